The number of thiazole rings is 1. The van der Waals surface area contributed by atoms with E-state index < -0.39 is 11.6 Å². The zero-order valence-electron chi connectivity index (χ0n) is 14.7. The first-order valence-electron chi connectivity index (χ1n) is 9.02. The molecule has 0 radical (unpaired) electrons. The second-order valence-corrected chi connectivity index (χ2v) is 7.96. The topological polar surface area (TPSA) is 46.4 Å². The molecule has 2 aromatic carbocycles. The zero-order valence-corrected chi connectivity index (χ0v) is 15.5. The SMILES string of the molecule is O=C(C[NH+]1CCC(c2nc3ccccc3s2)CC1)Nc1cc(F)ccc1F. The Morgan fingerprint density at radius 2 is 1.96 bits per heavy atom. The van der Waals surface area contributed by atoms with Crippen molar-refractivity contribution in [2.45, 2.75) is 18.8 Å². The largest absolute Gasteiger partial charge is 0.327 e. The van der Waals surface area contributed by atoms with Gasteiger partial charge in [0.1, 0.15) is 11.6 Å². The van der Waals surface area contributed by atoms with E-state index in [1.165, 1.54) is 9.71 Å². The number of halogens is 2. The van der Waals surface area contributed by atoms with Crippen LogP contribution in [0.1, 0.15) is 23.8 Å². The van der Waals surface area contributed by atoms with Crippen LogP contribution in [-0.2, 0) is 4.79 Å². The number of hydrogen-bond acceptors (Lipinski definition) is 3. The predicted octanol–water partition coefficient (Wildman–Crippen LogP) is 2.98. The molecule has 2 heterocycles. The van der Waals surface area contributed by atoms with E-state index in [0.29, 0.717) is 5.92 Å². The van der Waals surface area contributed by atoms with Crippen LogP contribution >= 0.6 is 11.3 Å². The van der Waals surface area contributed by atoms with Gasteiger partial charge in [0, 0.05) is 24.8 Å². The van der Waals surface area contributed by atoms with E-state index >= 15 is 0 Å². The van der Waals surface area contributed by atoms with Crippen molar-refractivity contribution in [1.82, 2.24) is 4.98 Å². The smallest absolute Gasteiger partial charge is 0.279 e. The number of quaternary nitrogens is 1. The van der Waals surface area contributed by atoms with E-state index in [4.69, 9.17) is 4.98 Å². The summed E-state index contributed by atoms with van der Waals surface area (Å²) in [5.74, 6) is -1.08. The van der Waals surface area contributed by atoms with Crippen molar-refractivity contribution in [3.05, 3.63) is 59.1 Å². The van der Waals surface area contributed by atoms with E-state index in [-0.39, 0.29) is 18.1 Å². The summed E-state index contributed by atoms with van der Waals surface area (Å²) in [6.45, 7) is 1.97. The number of nitrogens with zero attached hydrogens (tertiary/aromatic N) is 1. The molecule has 0 unspecified atom stereocenters. The Labute approximate surface area is 159 Å². The first kappa shape index (κ1) is 18.0. The molecule has 1 aromatic heterocycles. The maximum atomic E-state index is 13.6. The summed E-state index contributed by atoms with van der Waals surface area (Å²) in [5.41, 5.74) is 0.938. The number of carbonyl (C=O) groups excluding carboxylic acids is 1. The van der Waals surface area contributed by atoms with E-state index in [2.05, 4.69) is 11.4 Å². The zero-order chi connectivity index (χ0) is 18.8. The van der Waals surface area contributed by atoms with Gasteiger partial charge >= 0.3 is 0 Å². The lowest BCUT2D eigenvalue weighted by Gasteiger charge is -2.27. The molecule has 1 fully saturated rings. The number of aromatic nitrogens is 1. The molecule has 3 aromatic rings. The van der Waals surface area contributed by atoms with Gasteiger partial charge in [-0.3, -0.25) is 4.79 Å². The Bertz CT molecular complexity index is 934. The third-order valence-electron chi connectivity index (χ3n) is 4.97. The second kappa shape index (κ2) is 7.70. The highest BCUT2D eigenvalue weighted by atomic mass is 32.1. The Balaban J connectivity index is 1.32. The summed E-state index contributed by atoms with van der Waals surface area (Å²) in [6, 6.07) is 11.2. The monoisotopic (exact) mass is 388 g/mol. The minimum Gasteiger partial charge on any atom is -0.327 e. The summed E-state index contributed by atoms with van der Waals surface area (Å²) in [4.78, 5) is 18.1. The quantitative estimate of drug-likeness (QED) is 0.722. The number of amides is 1. The highest BCUT2D eigenvalue weighted by Crippen LogP contribution is 2.31. The van der Waals surface area contributed by atoms with Gasteiger partial charge in [-0.05, 0) is 24.3 Å². The molecule has 0 spiro atoms. The number of nitrogens with one attached hydrogen (secondary N) is 2. The van der Waals surface area contributed by atoms with Crippen LogP contribution in [0.4, 0.5) is 14.5 Å². The summed E-state index contributed by atoms with van der Waals surface area (Å²) < 4.78 is 28.1. The molecule has 1 aliphatic heterocycles. The van der Waals surface area contributed by atoms with Crippen LogP contribution in [0.3, 0.4) is 0 Å². The summed E-state index contributed by atoms with van der Waals surface area (Å²) in [6.07, 6.45) is 1.94. The Morgan fingerprint density at radius 3 is 2.74 bits per heavy atom. The van der Waals surface area contributed by atoms with Gasteiger partial charge in [0.15, 0.2) is 6.54 Å². The highest BCUT2D eigenvalue weighted by molar-refractivity contribution is 7.18. The molecule has 1 saturated heterocycles. The van der Waals surface area contributed by atoms with Gasteiger partial charge in [0.2, 0.25) is 0 Å². The Morgan fingerprint density at radius 1 is 1.19 bits per heavy atom. The van der Waals surface area contributed by atoms with Crippen LogP contribution in [0.15, 0.2) is 42.5 Å². The maximum absolute atomic E-state index is 13.6. The maximum Gasteiger partial charge on any atom is 0.279 e. The molecule has 1 aliphatic rings. The van der Waals surface area contributed by atoms with Crippen molar-refractivity contribution in [3.63, 3.8) is 0 Å². The van der Waals surface area contributed by atoms with Crippen molar-refractivity contribution in [3.8, 4) is 0 Å². The van der Waals surface area contributed by atoms with Crippen molar-refractivity contribution in [2.75, 3.05) is 25.0 Å². The molecule has 4 rings (SSSR count). The van der Waals surface area contributed by atoms with E-state index in [0.717, 1.165) is 54.5 Å². The average molecular weight is 388 g/mol. The molecular formula is C20H20F2N3OS+. The third kappa shape index (κ3) is 4.14. The number of para-hydroxylation sites is 1. The van der Waals surface area contributed by atoms with Gasteiger partial charge in [0.05, 0.1) is 34.0 Å². The number of rotatable bonds is 4. The van der Waals surface area contributed by atoms with Crippen molar-refractivity contribution < 1.29 is 18.5 Å². The molecule has 0 bridgehead atoms. The molecule has 7 heteroatoms. The van der Waals surface area contributed by atoms with Crippen molar-refractivity contribution in [2.24, 2.45) is 0 Å². The number of piperidine rings is 1. The second-order valence-electron chi connectivity index (χ2n) is 6.89. The lowest BCUT2D eigenvalue weighted by molar-refractivity contribution is -0.897. The van der Waals surface area contributed by atoms with Crippen LogP contribution in [0.2, 0.25) is 0 Å². The van der Waals surface area contributed by atoms with E-state index in [1.807, 2.05) is 18.2 Å². The fourth-order valence-corrected chi connectivity index (χ4v) is 4.67. The van der Waals surface area contributed by atoms with Gasteiger partial charge in [-0.25, -0.2) is 13.8 Å². The number of hydrogen-bond donors (Lipinski definition) is 2. The molecule has 140 valence electrons. The summed E-state index contributed by atoms with van der Waals surface area (Å²) in [7, 11) is 0. The molecule has 0 aliphatic carbocycles. The fraction of sp³-hybridized carbons (Fsp3) is 0.300. The fourth-order valence-electron chi connectivity index (χ4n) is 3.53. The average Bonchev–Trinajstić information content (AvgIpc) is 3.09. The number of likely N-dealkylation sites (tertiary alicyclic amines) is 1. The predicted molar refractivity (Wildman–Crippen MR) is 102 cm³/mol. The standard InChI is InChI=1S/C20H19F2N3OS/c21-14-5-6-15(22)17(11-14)23-19(26)12-25-9-7-13(8-10-25)20-24-16-3-1-2-4-18(16)27-20/h1-6,11,13H,7-10,12H2,(H,23,26)/p+1. The molecule has 0 saturated carbocycles. The molecular weight excluding hydrogens is 368 g/mol. The molecule has 2 N–H and O–H groups in total. The van der Waals surface area contributed by atoms with E-state index in [1.54, 1.807) is 11.3 Å². The third-order valence-corrected chi connectivity index (χ3v) is 6.16. The van der Waals surface area contributed by atoms with Crippen LogP contribution in [0.5, 0.6) is 0 Å². The Kier molecular flexibility index (Phi) is 5.13. The van der Waals surface area contributed by atoms with Gasteiger partial charge < -0.3 is 10.2 Å². The normalized spacial score (nSPS) is 19.9. The lowest BCUT2D eigenvalue weighted by atomic mass is 9.97. The van der Waals surface area contributed by atoms with Gasteiger partial charge in [-0.1, -0.05) is 12.1 Å². The van der Waals surface area contributed by atoms with Crippen molar-refractivity contribution in [1.29, 1.82) is 0 Å². The molecule has 27 heavy (non-hydrogen) atoms. The van der Waals surface area contributed by atoms with Crippen LogP contribution in [0.25, 0.3) is 10.2 Å². The highest BCUT2D eigenvalue weighted by Gasteiger charge is 2.27. The van der Waals surface area contributed by atoms with Gasteiger partial charge in [-0.2, -0.15) is 0 Å². The van der Waals surface area contributed by atoms with E-state index in [9.17, 15) is 13.6 Å². The van der Waals surface area contributed by atoms with Gasteiger partial charge in [0.25, 0.3) is 5.91 Å². The summed E-state index contributed by atoms with van der Waals surface area (Å²) >= 11 is 1.75. The first-order chi connectivity index (χ1) is 13.1. The first-order valence-corrected chi connectivity index (χ1v) is 9.84. The van der Waals surface area contributed by atoms with Crippen LogP contribution in [0, 0.1) is 11.6 Å². The lowest BCUT2D eigenvalue weighted by Crippen LogP contribution is -3.14. The minimum absolute atomic E-state index is 0.108. The van der Waals surface area contributed by atoms with Crippen molar-refractivity contribution >= 4 is 33.1 Å². The van der Waals surface area contributed by atoms with Gasteiger partial charge in [-0.15, -0.1) is 11.3 Å². The number of benzene rings is 2. The Hall–Kier alpha value is -2.38. The minimum atomic E-state index is -0.630. The summed E-state index contributed by atoms with van der Waals surface area (Å²) in [5, 5.41) is 3.64. The number of fused-ring (bicyclic) bond motifs is 1. The molecule has 4 nitrogen and oxygen atoms in total. The number of carbonyl (C=O) groups is 1. The van der Waals surface area contributed by atoms with Crippen LogP contribution in [-0.4, -0.2) is 30.5 Å². The number of anilines is 1. The molecule has 0 atom stereocenters. The molecule has 1 amide bonds. The van der Waals surface area contributed by atoms with Crippen LogP contribution < -0.4 is 10.2 Å².